The molecule has 0 spiro atoms. The Morgan fingerprint density at radius 2 is 2.03 bits per heavy atom. The van der Waals surface area contributed by atoms with Crippen molar-refractivity contribution in [2.75, 3.05) is 18.5 Å². The minimum Gasteiger partial charge on any atom is -0.489 e. The lowest BCUT2D eigenvalue weighted by atomic mass is 10.0. The van der Waals surface area contributed by atoms with E-state index in [-0.39, 0.29) is 24.0 Å². The van der Waals surface area contributed by atoms with E-state index in [1.165, 1.54) is 0 Å². The van der Waals surface area contributed by atoms with Gasteiger partial charge in [-0.3, -0.25) is 9.36 Å². The van der Waals surface area contributed by atoms with Gasteiger partial charge in [-0.15, -0.1) is 0 Å². The van der Waals surface area contributed by atoms with Crippen molar-refractivity contribution in [3.8, 4) is 17.4 Å². The molecule has 0 radical (unpaired) electrons. The summed E-state index contributed by atoms with van der Waals surface area (Å²) in [6.07, 6.45) is -0.516. The molecule has 4 aromatic rings. The Bertz CT molecular complexity index is 1540. The van der Waals surface area contributed by atoms with Crippen LogP contribution in [0.15, 0.2) is 48.5 Å². The Labute approximate surface area is 210 Å². The van der Waals surface area contributed by atoms with Crippen molar-refractivity contribution in [3.05, 3.63) is 76.9 Å². The summed E-state index contributed by atoms with van der Waals surface area (Å²) in [5.74, 6) is -2.26. The maximum absolute atomic E-state index is 14.2. The van der Waals surface area contributed by atoms with Gasteiger partial charge in [0.05, 0.1) is 48.5 Å². The summed E-state index contributed by atoms with van der Waals surface area (Å²) in [5.41, 5.74) is 4.83. The van der Waals surface area contributed by atoms with E-state index in [9.17, 15) is 13.6 Å². The van der Waals surface area contributed by atoms with Crippen molar-refractivity contribution in [2.45, 2.75) is 32.1 Å². The summed E-state index contributed by atoms with van der Waals surface area (Å²) < 4.78 is 47.1. The molecule has 0 unspecified atom stereocenters. The summed E-state index contributed by atoms with van der Waals surface area (Å²) in [7, 11) is 0. The SMILES string of the molecule is CCOc1nc2cc(F)c(F)cc2n1-c1cccc2c1OC[C@H]2Nc1ccc2c(c1)CO[C@H]2CC(=O)O. The van der Waals surface area contributed by atoms with Crippen LogP contribution in [0.3, 0.4) is 0 Å². The topological polar surface area (TPSA) is 94.8 Å². The summed E-state index contributed by atoms with van der Waals surface area (Å²) >= 11 is 0. The molecular formula is C27H23F2N3O5. The van der Waals surface area contributed by atoms with Crippen LogP contribution in [0, 0.1) is 11.6 Å². The number of hydrogen-bond donors (Lipinski definition) is 2. The molecule has 8 nitrogen and oxygen atoms in total. The normalized spacial score (nSPS) is 17.9. The number of fused-ring (bicyclic) bond motifs is 3. The highest BCUT2D eigenvalue weighted by molar-refractivity contribution is 5.80. The number of carboxylic acid groups (broad SMARTS) is 1. The molecule has 1 aromatic heterocycles. The first kappa shape index (κ1) is 23.2. The first-order valence-corrected chi connectivity index (χ1v) is 11.9. The summed E-state index contributed by atoms with van der Waals surface area (Å²) in [5, 5.41) is 12.6. The number of aliphatic carboxylic acids is 1. The fourth-order valence-corrected chi connectivity index (χ4v) is 4.98. The highest BCUT2D eigenvalue weighted by Gasteiger charge is 2.30. The number of carbonyl (C=O) groups is 1. The van der Waals surface area contributed by atoms with Crippen molar-refractivity contribution >= 4 is 22.7 Å². The number of nitrogens with one attached hydrogen (secondary N) is 1. The fourth-order valence-electron chi connectivity index (χ4n) is 4.98. The average Bonchev–Trinajstić information content (AvgIpc) is 3.55. The van der Waals surface area contributed by atoms with Gasteiger partial charge in [-0.25, -0.2) is 8.78 Å². The van der Waals surface area contributed by atoms with Crippen LogP contribution in [0.2, 0.25) is 0 Å². The van der Waals surface area contributed by atoms with Crippen molar-refractivity contribution in [1.29, 1.82) is 0 Å². The van der Waals surface area contributed by atoms with Gasteiger partial charge in [0.2, 0.25) is 0 Å². The van der Waals surface area contributed by atoms with E-state index < -0.39 is 23.7 Å². The van der Waals surface area contributed by atoms with Gasteiger partial charge in [-0.2, -0.15) is 4.98 Å². The monoisotopic (exact) mass is 507 g/mol. The third-order valence-corrected chi connectivity index (χ3v) is 6.61. The lowest BCUT2D eigenvalue weighted by Crippen LogP contribution is -2.12. The summed E-state index contributed by atoms with van der Waals surface area (Å²) in [6.45, 7) is 2.84. The van der Waals surface area contributed by atoms with Gasteiger partial charge in [-0.1, -0.05) is 18.2 Å². The number of carboxylic acids is 1. The Morgan fingerprint density at radius 3 is 2.84 bits per heavy atom. The number of anilines is 1. The first-order chi connectivity index (χ1) is 17.9. The second-order valence-corrected chi connectivity index (χ2v) is 8.93. The van der Waals surface area contributed by atoms with E-state index in [0.29, 0.717) is 36.8 Å². The lowest BCUT2D eigenvalue weighted by Gasteiger charge is -2.15. The minimum absolute atomic E-state index is 0.0738. The van der Waals surface area contributed by atoms with E-state index in [1.54, 1.807) is 4.57 Å². The molecule has 2 N–H and O–H groups in total. The Balaban J connectivity index is 1.34. The number of aromatic nitrogens is 2. The van der Waals surface area contributed by atoms with Crippen molar-refractivity contribution in [1.82, 2.24) is 9.55 Å². The van der Waals surface area contributed by atoms with E-state index >= 15 is 0 Å². The van der Waals surface area contributed by atoms with Gasteiger partial charge in [0.25, 0.3) is 0 Å². The molecule has 10 heteroatoms. The molecule has 0 saturated carbocycles. The van der Waals surface area contributed by atoms with Crippen molar-refractivity contribution in [3.63, 3.8) is 0 Å². The zero-order chi connectivity index (χ0) is 25.7. The van der Waals surface area contributed by atoms with Gasteiger partial charge >= 0.3 is 12.0 Å². The predicted octanol–water partition coefficient (Wildman–Crippen LogP) is 5.29. The van der Waals surface area contributed by atoms with Gasteiger partial charge in [0, 0.05) is 23.4 Å². The number of halogens is 2. The number of hydrogen-bond acceptors (Lipinski definition) is 6. The quantitative estimate of drug-likeness (QED) is 0.351. The number of imidazole rings is 1. The average molecular weight is 507 g/mol. The zero-order valence-electron chi connectivity index (χ0n) is 19.8. The zero-order valence-corrected chi connectivity index (χ0v) is 19.8. The molecule has 0 bridgehead atoms. The van der Waals surface area contributed by atoms with Gasteiger partial charge in [0.1, 0.15) is 12.4 Å². The van der Waals surface area contributed by atoms with Crippen molar-refractivity contribution in [2.24, 2.45) is 0 Å². The van der Waals surface area contributed by atoms with E-state index in [4.69, 9.17) is 19.3 Å². The molecule has 3 aromatic carbocycles. The first-order valence-electron chi connectivity index (χ1n) is 11.9. The summed E-state index contributed by atoms with van der Waals surface area (Å²) in [4.78, 5) is 15.5. The standard InChI is InChI=1S/C27H23F2N3O5/c1-2-35-27-31-20-9-18(28)19(29)10-23(20)32(27)22-5-3-4-17-21(13-37-26(17)22)30-15-6-7-16-14(8-15)12-36-24(16)11-25(33)34/h3-10,21,24,30H,2,11-13H2,1H3,(H,33,34)/t21-,24+/m1/s1. The Morgan fingerprint density at radius 1 is 1.19 bits per heavy atom. The van der Waals surface area contributed by atoms with Gasteiger partial charge < -0.3 is 24.6 Å². The van der Waals surface area contributed by atoms with Crippen LogP contribution in [0.5, 0.6) is 11.8 Å². The molecule has 190 valence electrons. The number of benzene rings is 3. The molecule has 2 aliphatic heterocycles. The molecule has 2 aliphatic rings. The summed E-state index contributed by atoms with van der Waals surface area (Å²) in [6, 6.07) is 13.6. The van der Waals surface area contributed by atoms with Crippen LogP contribution < -0.4 is 14.8 Å². The van der Waals surface area contributed by atoms with Crippen molar-refractivity contribution < 1.29 is 32.9 Å². The third-order valence-electron chi connectivity index (χ3n) is 6.61. The molecular weight excluding hydrogens is 484 g/mol. The highest BCUT2D eigenvalue weighted by Crippen LogP contribution is 2.42. The largest absolute Gasteiger partial charge is 0.489 e. The van der Waals surface area contributed by atoms with E-state index in [0.717, 1.165) is 34.5 Å². The number of ether oxygens (including phenoxy) is 3. The van der Waals surface area contributed by atoms with Gasteiger partial charge in [0.15, 0.2) is 11.6 Å². The number of para-hydroxylation sites is 1. The minimum atomic E-state index is -0.979. The Kier molecular flexibility index (Phi) is 5.68. The second kappa shape index (κ2) is 9.04. The molecule has 2 atom stereocenters. The maximum atomic E-state index is 14.2. The molecule has 0 aliphatic carbocycles. The van der Waals surface area contributed by atoms with Crippen LogP contribution >= 0.6 is 0 Å². The fraction of sp³-hybridized carbons (Fsp3) is 0.259. The number of nitrogens with zero attached hydrogens (tertiary/aromatic N) is 2. The van der Waals surface area contributed by atoms with Crippen LogP contribution in [0.4, 0.5) is 14.5 Å². The van der Waals surface area contributed by atoms with E-state index in [2.05, 4.69) is 10.3 Å². The predicted molar refractivity (Wildman–Crippen MR) is 130 cm³/mol. The Hall–Kier alpha value is -4.18. The van der Waals surface area contributed by atoms with Crippen LogP contribution in [0.1, 0.15) is 42.2 Å². The lowest BCUT2D eigenvalue weighted by molar-refractivity contribution is -0.140. The molecule has 0 saturated heterocycles. The number of rotatable bonds is 7. The molecule has 0 amide bonds. The van der Waals surface area contributed by atoms with Crippen LogP contribution in [-0.2, 0) is 16.1 Å². The van der Waals surface area contributed by atoms with Crippen LogP contribution in [0.25, 0.3) is 16.7 Å². The maximum Gasteiger partial charge on any atom is 0.306 e. The molecule has 3 heterocycles. The smallest absolute Gasteiger partial charge is 0.306 e. The van der Waals surface area contributed by atoms with Gasteiger partial charge in [-0.05, 0) is 36.2 Å². The second-order valence-electron chi connectivity index (χ2n) is 8.93. The third kappa shape index (κ3) is 4.03. The highest BCUT2D eigenvalue weighted by atomic mass is 19.2. The molecule has 0 fully saturated rings. The molecule has 37 heavy (non-hydrogen) atoms. The van der Waals surface area contributed by atoms with E-state index in [1.807, 2.05) is 43.3 Å². The molecule has 6 rings (SSSR count). The van der Waals surface area contributed by atoms with Crippen LogP contribution in [-0.4, -0.2) is 33.8 Å².